The monoisotopic (exact) mass is 323 g/mol. The molecule has 1 saturated heterocycles. The Morgan fingerprint density at radius 2 is 1.88 bits per heavy atom. The fraction of sp³-hybridized carbons (Fsp3) is 0.350. The van der Waals surface area contributed by atoms with Crippen LogP contribution in [0.4, 0.5) is 0 Å². The molecule has 0 aromatic heterocycles. The van der Waals surface area contributed by atoms with Crippen molar-refractivity contribution in [2.24, 2.45) is 0 Å². The first-order valence-corrected chi connectivity index (χ1v) is 8.47. The van der Waals surface area contributed by atoms with Gasteiger partial charge in [-0.05, 0) is 23.6 Å². The van der Waals surface area contributed by atoms with Crippen molar-refractivity contribution in [1.82, 2.24) is 4.90 Å². The first-order chi connectivity index (χ1) is 11.7. The molecule has 0 radical (unpaired) electrons. The predicted molar refractivity (Wildman–Crippen MR) is 91.5 cm³/mol. The Bertz CT molecular complexity index is 731. The van der Waals surface area contributed by atoms with E-state index in [9.17, 15) is 9.90 Å². The number of carbonyl (C=O) groups is 1. The molecular weight excluding hydrogens is 302 g/mol. The summed E-state index contributed by atoms with van der Waals surface area (Å²) in [5.41, 5.74) is 2.32. The van der Waals surface area contributed by atoms with Crippen LogP contribution in [-0.2, 0) is 4.79 Å². The minimum Gasteiger partial charge on any atom is -0.493 e. The summed E-state index contributed by atoms with van der Waals surface area (Å²) >= 11 is 0. The molecule has 3 atom stereocenters. The van der Waals surface area contributed by atoms with Crippen molar-refractivity contribution in [3.05, 3.63) is 65.7 Å². The second-order valence-electron chi connectivity index (χ2n) is 6.63. The van der Waals surface area contributed by atoms with Gasteiger partial charge in [-0.25, -0.2) is 0 Å². The molecule has 4 heteroatoms. The van der Waals surface area contributed by atoms with Crippen molar-refractivity contribution >= 4 is 5.97 Å². The SMILES string of the molecule is O=C(O)[C@@H]1[C@@H](c2ccccc2)CN1CC1CCOc2ccccc21. The number of nitrogens with zero attached hydrogens (tertiary/aromatic N) is 1. The highest BCUT2D eigenvalue weighted by molar-refractivity contribution is 5.76. The standard InChI is InChI=1S/C20H21NO3/c22-20(23)19-17(14-6-2-1-3-7-14)13-21(19)12-15-10-11-24-18-9-5-4-8-16(15)18/h1-9,15,17,19H,10-13H2,(H,22,23)/t15?,17-,19+/m1/s1. The lowest BCUT2D eigenvalue weighted by Crippen LogP contribution is -2.59. The van der Waals surface area contributed by atoms with Crippen LogP contribution >= 0.6 is 0 Å². The van der Waals surface area contributed by atoms with E-state index in [0.717, 1.165) is 30.8 Å². The maximum Gasteiger partial charge on any atom is 0.321 e. The highest BCUT2D eigenvalue weighted by Gasteiger charge is 2.45. The Morgan fingerprint density at radius 3 is 2.67 bits per heavy atom. The number of carboxylic acids is 1. The predicted octanol–water partition coefficient (Wildman–Crippen LogP) is 3.11. The summed E-state index contributed by atoms with van der Waals surface area (Å²) in [5, 5.41) is 9.69. The molecule has 2 aliphatic heterocycles. The number of carboxylic acid groups (broad SMARTS) is 1. The minimum absolute atomic E-state index is 0.0822. The first kappa shape index (κ1) is 15.2. The van der Waals surface area contributed by atoms with Crippen LogP contribution < -0.4 is 4.74 Å². The third kappa shape index (κ3) is 2.67. The third-order valence-electron chi connectivity index (χ3n) is 5.22. The van der Waals surface area contributed by atoms with Gasteiger partial charge in [0.1, 0.15) is 11.8 Å². The second-order valence-corrected chi connectivity index (χ2v) is 6.63. The third-order valence-corrected chi connectivity index (χ3v) is 5.22. The number of benzene rings is 2. The molecule has 1 N–H and O–H groups in total. The summed E-state index contributed by atoms with van der Waals surface area (Å²) in [6.45, 7) is 2.29. The average molecular weight is 323 g/mol. The lowest BCUT2D eigenvalue weighted by Gasteiger charge is -2.47. The van der Waals surface area contributed by atoms with Crippen LogP contribution in [0.15, 0.2) is 54.6 Å². The molecule has 0 saturated carbocycles. The smallest absolute Gasteiger partial charge is 0.321 e. The molecule has 0 bridgehead atoms. The van der Waals surface area contributed by atoms with Crippen LogP contribution in [0.3, 0.4) is 0 Å². The van der Waals surface area contributed by atoms with E-state index < -0.39 is 12.0 Å². The Labute approximate surface area is 141 Å². The van der Waals surface area contributed by atoms with E-state index in [0.29, 0.717) is 12.5 Å². The average Bonchev–Trinajstić information content (AvgIpc) is 2.58. The van der Waals surface area contributed by atoms with Gasteiger partial charge >= 0.3 is 5.97 Å². The molecule has 2 aromatic carbocycles. The summed E-state index contributed by atoms with van der Waals surface area (Å²) in [5.74, 6) is 0.642. The number of fused-ring (bicyclic) bond motifs is 1. The number of ether oxygens (including phenoxy) is 1. The second kappa shape index (κ2) is 6.29. The molecule has 1 fully saturated rings. The highest BCUT2D eigenvalue weighted by Crippen LogP contribution is 2.39. The van der Waals surface area contributed by atoms with E-state index in [-0.39, 0.29) is 5.92 Å². The van der Waals surface area contributed by atoms with Crippen LogP contribution in [0.5, 0.6) is 5.75 Å². The zero-order valence-electron chi connectivity index (χ0n) is 13.5. The lowest BCUT2D eigenvalue weighted by molar-refractivity contribution is -0.150. The Morgan fingerprint density at radius 1 is 1.12 bits per heavy atom. The van der Waals surface area contributed by atoms with Crippen molar-refractivity contribution < 1.29 is 14.6 Å². The number of likely N-dealkylation sites (tertiary alicyclic amines) is 1. The molecule has 124 valence electrons. The van der Waals surface area contributed by atoms with Gasteiger partial charge in [0.2, 0.25) is 0 Å². The van der Waals surface area contributed by atoms with Crippen molar-refractivity contribution in [2.45, 2.75) is 24.3 Å². The first-order valence-electron chi connectivity index (χ1n) is 8.47. The van der Waals surface area contributed by atoms with Gasteiger partial charge in [-0.2, -0.15) is 0 Å². The van der Waals surface area contributed by atoms with Crippen molar-refractivity contribution in [2.75, 3.05) is 19.7 Å². The Kier molecular flexibility index (Phi) is 3.98. The lowest BCUT2D eigenvalue weighted by atomic mass is 9.80. The number of para-hydroxylation sites is 1. The molecule has 2 heterocycles. The molecule has 0 aliphatic carbocycles. The molecule has 2 aromatic rings. The topological polar surface area (TPSA) is 49.8 Å². The zero-order valence-corrected chi connectivity index (χ0v) is 13.5. The van der Waals surface area contributed by atoms with Gasteiger partial charge in [-0.15, -0.1) is 0 Å². The van der Waals surface area contributed by atoms with Crippen molar-refractivity contribution in [3.8, 4) is 5.75 Å². The molecule has 0 spiro atoms. The van der Waals surface area contributed by atoms with Gasteiger partial charge < -0.3 is 9.84 Å². The minimum atomic E-state index is -0.726. The van der Waals surface area contributed by atoms with Crippen LogP contribution in [-0.4, -0.2) is 41.7 Å². The number of aliphatic carboxylic acids is 1. The molecule has 1 unspecified atom stereocenters. The van der Waals surface area contributed by atoms with Crippen LogP contribution in [0.2, 0.25) is 0 Å². The van der Waals surface area contributed by atoms with E-state index in [4.69, 9.17) is 4.74 Å². The quantitative estimate of drug-likeness (QED) is 0.939. The molecule has 24 heavy (non-hydrogen) atoms. The Balaban J connectivity index is 1.51. The summed E-state index contributed by atoms with van der Waals surface area (Å²) in [6, 6.07) is 17.7. The molecular formula is C20H21NO3. The molecule has 2 aliphatic rings. The number of rotatable bonds is 4. The van der Waals surface area contributed by atoms with E-state index in [1.165, 1.54) is 5.56 Å². The van der Waals surface area contributed by atoms with Crippen LogP contribution in [0.25, 0.3) is 0 Å². The normalized spacial score (nSPS) is 26.1. The summed E-state index contributed by atoms with van der Waals surface area (Å²) < 4.78 is 5.72. The van der Waals surface area contributed by atoms with Gasteiger partial charge in [0.05, 0.1) is 6.61 Å². The van der Waals surface area contributed by atoms with E-state index in [1.54, 1.807) is 0 Å². The van der Waals surface area contributed by atoms with Gasteiger partial charge in [0, 0.05) is 24.9 Å². The number of hydrogen-bond acceptors (Lipinski definition) is 3. The van der Waals surface area contributed by atoms with Crippen molar-refractivity contribution in [3.63, 3.8) is 0 Å². The maximum atomic E-state index is 11.8. The fourth-order valence-electron chi connectivity index (χ4n) is 3.98. The Hall–Kier alpha value is -2.33. The van der Waals surface area contributed by atoms with Gasteiger partial charge in [-0.3, -0.25) is 9.69 Å². The van der Waals surface area contributed by atoms with E-state index >= 15 is 0 Å². The molecule has 4 rings (SSSR count). The van der Waals surface area contributed by atoms with Gasteiger partial charge in [0.15, 0.2) is 0 Å². The zero-order chi connectivity index (χ0) is 16.5. The highest BCUT2D eigenvalue weighted by atomic mass is 16.5. The maximum absolute atomic E-state index is 11.8. The fourth-order valence-corrected chi connectivity index (χ4v) is 3.98. The summed E-state index contributed by atoms with van der Waals surface area (Å²) in [7, 11) is 0. The summed E-state index contributed by atoms with van der Waals surface area (Å²) in [6.07, 6.45) is 0.940. The summed E-state index contributed by atoms with van der Waals surface area (Å²) in [4.78, 5) is 13.9. The van der Waals surface area contributed by atoms with E-state index in [1.807, 2.05) is 48.5 Å². The van der Waals surface area contributed by atoms with Crippen molar-refractivity contribution in [1.29, 1.82) is 0 Å². The van der Waals surface area contributed by atoms with Crippen LogP contribution in [0.1, 0.15) is 29.4 Å². The van der Waals surface area contributed by atoms with Gasteiger partial charge in [-0.1, -0.05) is 48.5 Å². The van der Waals surface area contributed by atoms with Gasteiger partial charge in [0.25, 0.3) is 0 Å². The van der Waals surface area contributed by atoms with E-state index in [2.05, 4.69) is 11.0 Å². The number of hydrogen-bond donors (Lipinski definition) is 1. The van der Waals surface area contributed by atoms with Crippen LogP contribution in [0, 0.1) is 0 Å². The molecule has 4 nitrogen and oxygen atoms in total. The largest absolute Gasteiger partial charge is 0.493 e. The molecule has 0 amide bonds.